The Morgan fingerprint density at radius 1 is 0.676 bits per heavy atom. The van der Waals surface area contributed by atoms with Crippen LogP contribution in [0.2, 0.25) is 0 Å². The van der Waals surface area contributed by atoms with Crippen LogP contribution < -0.4 is 14.2 Å². The van der Waals surface area contributed by atoms with E-state index in [-0.39, 0.29) is 6.61 Å². The van der Waals surface area contributed by atoms with Crippen molar-refractivity contribution in [3.8, 4) is 17.2 Å². The van der Waals surface area contributed by atoms with Crippen LogP contribution in [0.5, 0.6) is 17.2 Å². The molecule has 2 rings (SSSR count). The fourth-order valence-corrected chi connectivity index (χ4v) is 3.04. The Hall–Kier alpha value is -3.40. The fraction of sp³-hybridized carbons (Fsp3) is 0.429. The van der Waals surface area contributed by atoms with Gasteiger partial charge in [-0.25, -0.2) is 9.59 Å². The van der Waals surface area contributed by atoms with E-state index < -0.39 is 11.9 Å². The Morgan fingerprint density at radius 2 is 1.22 bits per heavy atom. The van der Waals surface area contributed by atoms with Gasteiger partial charge >= 0.3 is 11.9 Å². The number of esters is 2. The maximum Gasteiger partial charge on any atom is 0.343 e. The van der Waals surface area contributed by atoms with Crippen LogP contribution in [0.3, 0.4) is 0 Å². The lowest BCUT2D eigenvalue weighted by Gasteiger charge is -2.09. The van der Waals surface area contributed by atoms with E-state index in [1.807, 2.05) is 0 Å². The van der Waals surface area contributed by atoms with Gasteiger partial charge in [0.15, 0.2) is 0 Å². The zero-order chi connectivity index (χ0) is 26.6. The molecule has 2 aromatic rings. The summed E-state index contributed by atoms with van der Waals surface area (Å²) in [5.74, 6) is 0.871. The molecular weight excluding hydrogens is 480 g/mol. The van der Waals surface area contributed by atoms with Crippen LogP contribution in [0.1, 0.15) is 36.0 Å². The molecule has 9 heteroatoms. The standard InChI is InChI=1S/C28H36O9/c1-2-27(30)36-17-6-4-3-5-16-34-24-9-7-23(8-10-24)28(31)37-26-13-11-25(12-14-26)35-22-21-33-20-19-32-18-15-29/h2,7-14,29H,1,3-6,15-22H2. The summed E-state index contributed by atoms with van der Waals surface area (Å²) in [7, 11) is 0. The van der Waals surface area contributed by atoms with E-state index in [0.29, 0.717) is 69.1 Å². The number of hydrogen-bond acceptors (Lipinski definition) is 9. The number of carbonyl (C=O) groups is 2. The largest absolute Gasteiger partial charge is 0.494 e. The lowest BCUT2D eigenvalue weighted by molar-refractivity contribution is -0.137. The van der Waals surface area contributed by atoms with Crippen LogP contribution in [0, 0.1) is 0 Å². The molecular formula is C28H36O9. The van der Waals surface area contributed by atoms with Crippen molar-refractivity contribution in [2.75, 3.05) is 52.9 Å². The van der Waals surface area contributed by atoms with E-state index in [1.165, 1.54) is 0 Å². The molecule has 0 fully saturated rings. The fourth-order valence-electron chi connectivity index (χ4n) is 3.04. The smallest absolute Gasteiger partial charge is 0.343 e. The Bertz CT molecular complexity index is 910. The van der Waals surface area contributed by atoms with Crippen molar-refractivity contribution in [3.63, 3.8) is 0 Å². The summed E-state index contributed by atoms with van der Waals surface area (Å²) in [6, 6.07) is 13.6. The highest BCUT2D eigenvalue weighted by Crippen LogP contribution is 2.20. The van der Waals surface area contributed by atoms with E-state index in [2.05, 4.69) is 6.58 Å². The molecule has 0 heterocycles. The van der Waals surface area contributed by atoms with Crippen molar-refractivity contribution in [2.24, 2.45) is 0 Å². The monoisotopic (exact) mass is 516 g/mol. The van der Waals surface area contributed by atoms with Crippen LogP contribution in [0.4, 0.5) is 0 Å². The summed E-state index contributed by atoms with van der Waals surface area (Å²) < 4.78 is 32.1. The predicted molar refractivity (Wildman–Crippen MR) is 137 cm³/mol. The van der Waals surface area contributed by atoms with Crippen molar-refractivity contribution >= 4 is 11.9 Å². The van der Waals surface area contributed by atoms with Crippen LogP contribution in [-0.4, -0.2) is 69.9 Å². The van der Waals surface area contributed by atoms with Crippen molar-refractivity contribution in [1.29, 1.82) is 0 Å². The van der Waals surface area contributed by atoms with Gasteiger partial charge in [0, 0.05) is 6.08 Å². The molecule has 0 radical (unpaired) electrons. The highest BCUT2D eigenvalue weighted by atomic mass is 16.5. The zero-order valence-corrected chi connectivity index (χ0v) is 21.1. The van der Waals surface area contributed by atoms with Gasteiger partial charge in [-0.1, -0.05) is 6.58 Å². The third-order valence-corrected chi connectivity index (χ3v) is 4.95. The first-order valence-electron chi connectivity index (χ1n) is 12.4. The topological polar surface area (TPSA) is 110 Å². The van der Waals surface area contributed by atoms with Gasteiger partial charge in [-0.15, -0.1) is 0 Å². The third kappa shape index (κ3) is 13.5. The average Bonchev–Trinajstić information content (AvgIpc) is 2.92. The molecule has 0 amide bonds. The number of aliphatic hydroxyl groups is 1. The van der Waals surface area contributed by atoms with E-state index >= 15 is 0 Å². The van der Waals surface area contributed by atoms with Crippen molar-refractivity contribution in [1.82, 2.24) is 0 Å². The minimum Gasteiger partial charge on any atom is -0.494 e. The number of hydrogen-bond donors (Lipinski definition) is 1. The van der Waals surface area contributed by atoms with Crippen LogP contribution in [0.15, 0.2) is 61.2 Å². The Balaban J connectivity index is 1.59. The third-order valence-electron chi connectivity index (χ3n) is 4.95. The van der Waals surface area contributed by atoms with Gasteiger partial charge in [0.05, 0.1) is 51.8 Å². The number of benzene rings is 2. The highest BCUT2D eigenvalue weighted by molar-refractivity contribution is 5.91. The van der Waals surface area contributed by atoms with Gasteiger partial charge in [0.1, 0.15) is 23.9 Å². The molecule has 37 heavy (non-hydrogen) atoms. The quantitative estimate of drug-likeness (QED) is 0.121. The summed E-state index contributed by atoms with van der Waals surface area (Å²) in [5, 5.41) is 8.61. The molecule has 0 aliphatic carbocycles. The molecule has 0 atom stereocenters. The van der Waals surface area contributed by atoms with Gasteiger partial charge in [0.2, 0.25) is 0 Å². The first kappa shape index (κ1) is 29.8. The maximum absolute atomic E-state index is 12.4. The predicted octanol–water partition coefficient (Wildman–Crippen LogP) is 3.98. The molecule has 0 saturated carbocycles. The number of rotatable bonds is 20. The zero-order valence-electron chi connectivity index (χ0n) is 21.1. The molecule has 1 N–H and O–H groups in total. The molecule has 0 aromatic heterocycles. The SMILES string of the molecule is C=CC(=O)OCCCCCCOc1ccc(C(=O)Oc2ccc(OCCOCCOCCO)cc2)cc1. The number of aliphatic hydroxyl groups excluding tert-OH is 1. The van der Waals surface area contributed by atoms with E-state index in [4.69, 9.17) is 33.5 Å². The van der Waals surface area contributed by atoms with Crippen molar-refractivity contribution in [2.45, 2.75) is 25.7 Å². The first-order valence-corrected chi connectivity index (χ1v) is 12.4. The highest BCUT2D eigenvalue weighted by Gasteiger charge is 2.09. The Kier molecular flexibility index (Phi) is 15.2. The lowest BCUT2D eigenvalue weighted by atomic mass is 10.2. The van der Waals surface area contributed by atoms with Crippen molar-refractivity contribution < 1.29 is 43.1 Å². The number of unbranched alkanes of at least 4 members (excludes halogenated alkanes) is 3. The van der Waals surface area contributed by atoms with Gasteiger partial charge < -0.3 is 33.5 Å². The van der Waals surface area contributed by atoms with E-state index in [0.717, 1.165) is 31.8 Å². The molecule has 202 valence electrons. The Labute approximate surface area is 217 Å². The molecule has 0 spiro atoms. The minimum atomic E-state index is -0.464. The molecule has 0 aliphatic rings. The van der Waals surface area contributed by atoms with E-state index in [1.54, 1.807) is 48.5 Å². The molecule has 9 nitrogen and oxygen atoms in total. The average molecular weight is 517 g/mol. The van der Waals surface area contributed by atoms with Crippen molar-refractivity contribution in [3.05, 3.63) is 66.7 Å². The number of carbonyl (C=O) groups excluding carboxylic acids is 2. The molecule has 0 aliphatic heterocycles. The van der Waals surface area contributed by atoms with E-state index in [9.17, 15) is 9.59 Å². The van der Waals surface area contributed by atoms with Gasteiger partial charge in [-0.05, 0) is 74.2 Å². The number of ether oxygens (including phenoxy) is 6. The second-order valence-electron chi connectivity index (χ2n) is 7.82. The van der Waals surface area contributed by atoms with Crippen LogP contribution in [-0.2, 0) is 19.0 Å². The Morgan fingerprint density at radius 3 is 1.86 bits per heavy atom. The second-order valence-corrected chi connectivity index (χ2v) is 7.82. The molecule has 0 unspecified atom stereocenters. The van der Waals surface area contributed by atoms with Gasteiger partial charge in [-0.2, -0.15) is 0 Å². The first-order chi connectivity index (χ1) is 18.1. The summed E-state index contributed by atoms with van der Waals surface area (Å²) in [4.78, 5) is 23.4. The van der Waals surface area contributed by atoms with Gasteiger partial charge in [0.25, 0.3) is 0 Å². The summed E-state index contributed by atoms with van der Waals surface area (Å²) in [5.41, 5.74) is 0.418. The lowest BCUT2D eigenvalue weighted by Crippen LogP contribution is -2.12. The normalized spacial score (nSPS) is 10.5. The molecule has 2 aromatic carbocycles. The molecule has 0 bridgehead atoms. The summed E-state index contributed by atoms with van der Waals surface area (Å²) >= 11 is 0. The van der Waals surface area contributed by atoms with Gasteiger partial charge in [-0.3, -0.25) is 0 Å². The summed E-state index contributed by atoms with van der Waals surface area (Å²) in [6.07, 6.45) is 4.77. The summed E-state index contributed by atoms with van der Waals surface area (Å²) in [6.45, 7) is 6.27. The minimum absolute atomic E-state index is 0.00218. The van der Waals surface area contributed by atoms with Crippen LogP contribution >= 0.6 is 0 Å². The second kappa shape index (κ2) is 18.8. The maximum atomic E-state index is 12.4. The molecule has 0 saturated heterocycles. The van der Waals surface area contributed by atoms with Crippen LogP contribution in [0.25, 0.3) is 0 Å².